The highest BCUT2D eigenvalue weighted by molar-refractivity contribution is 7.89. The molecule has 0 aliphatic carbocycles. The van der Waals surface area contributed by atoms with Crippen molar-refractivity contribution in [1.82, 2.24) is 9.21 Å². The number of sulfonamides is 1. The second kappa shape index (κ2) is 5.70. The van der Waals surface area contributed by atoms with Gasteiger partial charge in [-0.15, -0.1) is 0 Å². The quantitative estimate of drug-likeness (QED) is 0.796. The Balaban J connectivity index is 2.34. The van der Waals surface area contributed by atoms with Crippen molar-refractivity contribution in [3.8, 4) is 0 Å². The monoisotopic (exact) mass is 327 g/mol. The highest BCUT2D eigenvalue weighted by Gasteiger charge is 2.31. The Morgan fingerprint density at radius 2 is 2.00 bits per heavy atom. The summed E-state index contributed by atoms with van der Waals surface area (Å²) in [5, 5.41) is 0. The van der Waals surface area contributed by atoms with Gasteiger partial charge in [0, 0.05) is 25.7 Å². The standard InChI is InChI=1S/C13H17N3O3S2/c1-9-7-10(3-4-11(9)13(14)20)21(18,19)16-6-5-15(2)12(17)8-16/h3-4,7H,5-6,8H2,1-2H3,(H2,14,20). The molecule has 0 radical (unpaired) electrons. The molecule has 21 heavy (non-hydrogen) atoms. The Morgan fingerprint density at radius 3 is 2.52 bits per heavy atom. The summed E-state index contributed by atoms with van der Waals surface area (Å²) in [5.41, 5.74) is 6.92. The fraction of sp³-hybridized carbons (Fsp3) is 0.385. The molecule has 0 saturated carbocycles. The Hall–Kier alpha value is -1.51. The minimum Gasteiger partial charge on any atom is -0.389 e. The number of carbonyl (C=O) groups is 1. The molecule has 0 bridgehead atoms. The van der Waals surface area contributed by atoms with Crippen LogP contribution in [0.5, 0.6) is 0 Å². The van der Waals surface area contributed by atoms with Crippen LogP contribution in [0.4, 0.5) is 0 Å². The van der Waals surface area contributed by atoms with E-state index in [-0.39, 0.29) is 22.3 Å². The first-order chi connectivity index (χ1) is 9.73. The molecule has 1 amide bonds. The molecule has 0 spiro atoms. The summed E-state index contributed by atoms with van der Waals surface area (Å²) >= 11 is 4.91. The molecule has 1 aliphatic heterocycles. The second-order valence-corrected chi connectivity index (χ2v) is 7.37. The van der Waals surface area contributed by atoms with Crippen LogP contribution >= 0.6 is 12.2 Å². The molecule has 0 atom stereocenters. The molecule has 1 aromatic carbocycles. The first kappa shape index (κ1) is 15.9. The van der Waals surface area contributed by atoms with Crippen LogP contribution in [0.25, 0.3) is 0 Å². The molecule has 1 aliphatic rings. The van der Waals surface area contributed by atoms with E-state index in [9.17, 15) is 13.2 Å². The van der Waals surface area contributed by atoms with Crippen molar-refractivity contribution < 1.29 is 13.2 Å². The van der Waals surface area contributed by atoms with Crippen molar-refractivity contribution >= 4 is 33.1 Å². The van der Waals surface area contributed by atoms with Crippen LogP contribution in [0.1, 0.15) is 11.1 Å². The summed E-state index contributed by atoms with van der Waals surface area (Å²) in [6.07, 6.45) is 0. The predicted molar refractivity (Wildman–Crippen MR) is 83.5 cm³/mol. The van der Waals surface area contributed by atoms with Crippen LogP contribution in [-0.2, 0) is 14.8 Å². The van der Waals surface area contributed by atoms with E-state index in [1.54, 1.807) is 20.0 Å². The number of nitrogens with zero attached hydrogens (tertiary/aromatic N) is 2. The third-order valence-corrected chi connectivity index (χ3v) is 5.58. The maximum Gasteiger partial charge on any atom is 0.243 e. The number of piperazine rings is 1. The van der Waals surface area contributed by atoms with Gasteiger partial charge in [-0.2, -0.15) is 4.31 Å². The Bertz CT molecular complexity index is 701. The largest absolute Gasteiger partial charge is 0.389 e. The van der Waals surface area contributed by atoms with E-state index in [0.717, 1.165) is 0 Å². The topological polar surface area (TPSA) is 83.7 Å². The van der Waals surface area contributed by atoms with Crippen LogP contribution < -0.4 is 5.73 Å². The third kappa shape index (κ3) is 3.07. The van der Waals surface area contributed by atoms with Crippen LogP contribution in [0.2, 0.25) is 0 Å². The summed E-state index contributed by atoms with van der Waals surface area (Å²) in [6.45, 7) is 2.31. The maximum absolute atomic E-state index is 12.6. The lowest BCUT2D eigenvalue weighted by atomic mass is 10.1. The van der Waals surface area contributed by atoms with Crippen molar-refractivity contribution in [2.45, 2.75) is 11.8 Å². The van der Waals surface area contributed by atoms with Gasteiger partial charge in [-0.3, -0.25) is 4.79 Å². The summed E-state index contributed by atoms with van der Waals surface area (Å²) < 4.78 is 26.3. The minimum absolute atomic E-state index is 0.130. The molecule has 2 rings (SSSR count). The molecule has 1 heterocycles. The number of hydrogen-bond donors (Lipinski definition) is 1. The average molecular weight is 327 g/mol. The van der Waals surface area contributed by atoms with Gasteiger partial charge in [0.2, 0.25) is 15.9 Å². The lowest BCUT2D eigenvalue weighted by molar-refractivity contribution is -0.132. The molecule has 1 aromatic rings. The molecule has 2 N–H and O–H groups in total. The van der Waals surface area contributed by atoms with Gasteiger partial charge >= 0.3 is 0 Å². The number of aryl methyl sites for hydroxylation is 1. The molecule has 6 nitrogen and oxygen atoms in total. The first-order valence-corrected chi connectivity index (χ1v) is 8.23. The van der Waals surface area contributed by atoms with Crippen molar-refractivity contribution in [1.29, 1.82) is 0 Å². The molecule has 1 fully saturated rings. The zero-order chi connectivity index (χ0) is 15.8. The summed E-state index contributed by atoms with van der Waals surface area (Å²) in [4.78, 5) is 13.6. The lowest BCUT2D eigenvalue weighted by Crippen LogP contribution is -2.50. The maximum atomic E-state index is 12.6. The van der Waals surface area contributed by atoms with Gasteiger partial charge in [0.15, 0.2) is 0 Å². The smallest absolute Gasteiger partial charge is 0.243 e. The van der Waals surface area contributed by atoms with E-state index >= 15 is 0 Å². The minimum atomic E-state index is -3.68. The van der Waals surface area contributed by atoms with Crippen molar-refractivity contribution in [2.75, 3.05) is 26.7 Å². The Kier molecular flexibility index (Phi) is 4.31. The number of nitrogens with two attached hydrogens (primary N) is 1. The van der Waals surface area contributed by atoms with E-state index < -0.39 is 10.0 Å². The zero-order valence-corrected chi connectivity index (χ0v) is 13.5. The molecule has 1 saturated heterocycles. The van der Waals surface area contributed by atoms with E-state index in [1.807, 2.05) is 0 Å². The van der Waals surface area contributed by atoms with Crippen molar-refractivity contribution in [2.24, 2.45) is 5.73 Å². The number of hydrogen-bond acceptors (Lipinski definition) is 4. The van der Waals surface area contributed by atoms with Gasteiger partial charge in [0.1, 0.15) is 4.99 Å². The number of carbonyl (C=O) groups excluding carboxylic acids is 1. The van der Waals surface area contributed by atoms with Gasteiger partial charge in [0.25, 0.3) is 0 Å². The fourth-order valence-corrected chi connectivity index (χ4v) is 3.86. The van der Waals surface area contributed by atoms with Gasteiger partial charge in [-0.05, 0) is 24.6 Å². The SMILES string of the molecule is Cc1cc(S(=O)(=O)N2CCN(C)C(=O)C2)ccc1C(N)=S. The predicted octanol–water partition coefficient (Wildman–Crippen LogP) is 0.0919. The number of benzene rings is 1. The summed E-state index contributed by atoms with van der Waals surface area (Å²) in [5.74, 6) is -0.207. The third-order valence-electron chi connectivity index (χ3n) is 3.52. The summed E-state index contributed by atoms with van der Waals surface area (Å²) in [7, 11) is -2.02. The Labute approximate surface area is 129 Å². The highest BCUT2D eigenvalue weighted by Crippen LogP contribution is 2.20. The van der Waals surface area contributed by atoms with Gasteiger partial charge in [0.05, 0.1) is 11.4 Å². The van der Waals surface area contributed by atoms with E-state index in [1.165, 1.54) is 21.3 Å². The molecule has 0 unspecified atom stereocenters. The molecular formula is C13H17N3O3S2. The van der Waals surface area contributed by atoms with Crippen LogP contribution in [0.3, 0.4) is 0 Å². The Morgan fingerprint density at radius 1 is 1.33 bits per heavy atom. The number of thiocarbonyl (C=S) groups is 1. The molecule has 114 valence electrons. The highest BCUT2D eigenvalue weighted by atomic mass is 32.2. The number of rotatable bonds is 3. The summed E-state index contributed by atoms with van der Waals surface area (Å²) in [6, 6.07) is 4.61. The van der Waals surface area contributed by atoms with Crippen LogP contribution in [-0.4, -0.2) is 55.2 Å². The normalized spacial score (nSPS) is 17.0. The lowest BCUT2D eigenvalue weighted by Gasteiger charge is -2.31. The average Bonchev–Trinajstić information content (AvgIpc) is 2.41. The van der Waals surface area contributed by atoms with E-state index in [2.05, 4.69) is 0 Å². The van der Waals surface area contributed by atoms with Gasteiger partial charge in [-0.25, -0.2) is 8.42 Å². The van der Waals surface area contributed by atoms with Crippen LogP contribution in [0.15, 0.2) is 23.1 Å². The van der Waals surface area contributed by atoms with E-state index in [0.29, 0.717) is 24.2 Å². The number of likely N-dealkylation sites (N-methyl/N-ethyl adjacent to an activating group) is 1. The fourth-order valence-electron chi connectivity index (χ4n) is 2.16. The molecule has 0 aromatic heterocycles. The number of amides is 1. The van der Waals surface area contributed by atoms with Crippen molar-refractivity contribution in [3.05, 3.63) is 29.3 Å². The zero-order valence-electron chi connectivity index (χ0n) is 11.9. The van der Waals surface area contributed by atoms with E-state index in [4.69, 9.17) is 18.0 Å². The molecule has 8 heteroatoms. The molecular weight excluding hydrogens is 310 g/mol. The van der Waals surface area contributed by atoms with Gasteiger partial charge < -0.3 is 10.6 Å². The van der Waals surface area contributed by atoms with Gasteiger partial charge in [-0.1, -0.05) is 18.3 Å². The van der Waals surface area contributed by atoms with Crippen LogP contribution in [0, 0.1) is 6.92 Å². The second-order valence-electron chi connectivity index (χ2n) is 4.99. The first-order valence-electron chi connectivity index (χ1n) is 6.38. The van der Waals surface area contributed by atoms with Crippen molar-refractivity contribution in [3.63, 3.8) is 0 Å².